The Morgan fingerprint density at radius 1 is 1.18 bits per heavy atom. The summed E-state index contributed by atoms with van der Waals surface area (Å²) in [6.07, 6.45) is -1.37. The lowest BCUT2D eigenvalue weighted by atomic mass is 9.96. The van der Waals surface area contributed by atoms with Crippen LogP contribution in [-0.4, -0.2) is 58.8 Å². The van der Waals surface area contributed by atoms with Crippen LogP contribution >= 0.6 is 0 Å². The standard InChI is InChI=1S/C22H24F5N5O/c1-33-13-15-5-8-30(9-6-15)19-12-17(22(25,26)27)7-10-31(19)21-28-14-32(29-21)18-4-2-3-16(11-18)20(23)24/h2-4,7,10-12,14-15,19-20H,5-6,8-9,13H2,1H3. The number of hydrogen-bond donors (Lipinski definition) is 0. The van der Waals surface area contributed by atoms with E-state index in [1.165, 1.54) is 41.5 Å². The summed E-state index contributed by atoms with van der Waals surface area (Å²) >= 11 is 0. The molecule has 1 aromatic carbocycles. The molecule has 0 spiro atoms. The highest BCUT2D eigenvalue weighted by Crippen LogP contribution is 2.33. The number of rotatable bonds is 6. The molecule has 4 rings (SSSR count). The summed E-state index contributed by atoms with van der Waals surface area (Å²) in [5.74, 6) is 0.541. The first-order valence-corrected chi connectivity index (χ1v) is 10.5. The SMILES string of the molecule is COCC1CCN(C2C=C(C(F)(F)F)C=CN2c2ncn(-c3cccc(C(F)F)c3)n2)CC1. The number of nitrogens with zero attached hydrogens (tertiary/aromatic N) is 5. The van der Waals surface area contributed by atoms with Crippen molar-refractivity contribution < 1.29 is 26.7 Å². The first-order valence-electron chi connectivity index (χ1n) is 10.5. The molecule has 1 atom stereocenters. The van der Waals surface area contributed by atoms with Crippen LogP contribution in [0, 0.1) is 5.92 Å². The Labute approximate surface area is 187 Å². The highest BCUT2D eigenvalue weighted by atomic mass is 19.4. The van der Waals surface area contributed by atoms with Gasteiger partial charge in [-0.05, 0) is 43.0 Å². The number of allylic oxidation sites excluding steroid dienone is 2. The number of halogens is 5. The minimum atomic E-state index is -4.47. The van der Waals surface area contributed by atoms with Crippen molar-refractivity contribution in [3.05, 3.63) is 60.1 Å². The van der Waals surface area contributed by atoms with Crippen molar-refractivity contribution >= 4 is 5.95 Å². The Bertz CT molecular complexity index is 1010. The number of hydrogen-bond acceptors (Lipinski definition) is 5. The van der Waals surface area contributed by atoms with Gasteiger partial charge in [0, 0.05) is 38.6 Å². The smallest absolute Gasteiger partial charge is 0.384 e. The number of aromatic nitrogens is 3. The number of anilines is 1. The number of ether oxygens (including phenoxy) is 1. The van der Waals surface area contributed by atoms with Crippen LogP contribution in [0.15, 0.2) is 54.5 Å². The second-order valence-corrected chi connectivity index (χ2v) is 8.08. The molecular formula is C22H24F5N5O. The van der Waals surface area contributed by atoms with Crippen molar-refractivity contribution in [3.8, 4) is 5.69 Å². The molecule has 6 nitrogen and oxygen atoms in total. The van der Waals surface area contributed by atoms with E-state index in [1.54, 1.807) is 18.1 Å². The van der Waals surface area contributed by atoms with Crippen molar-refractivity contribution in [1.29, 1.82) is 0 Å². The zero-order chi connectivity index (χ0) is 23.6. The van der Waals surface area contributed by atoms with Gasteiger partial charge in [0.2, 0.25) is 0 Å². The van der Waals surface area contributed by atoms with E-state index in [1.807, 2.05) is 4.90 Å². The van der Waals surface area contributed by atoms with Crippen molar-refractivity contribution in [2.75, 3.05) is 31.7 Å². The van der Waals surface area contributed by atoms with Gasteiger partial charge >= 0.3 is 6.18 Å². The summed E-state index contributed by atoms with van der Waals surface area (Å²) in [5.41, 5.74) is -0.500. The van der Waals surface area contributed by atoms with Gasteiger partial charge in [-0.2, -0.15) is 18.2 Å². The van der Waals surface area contributed by atoms with E-state index >= 15 is 0 Å². The van der Waals surface area contributed by atoms with Gasteiger partial charge in [0.1, 0.15) is 12.5 Å². The number of alkyl halides is 5. The van der Waals surface area contributed by atoms with Crippen LogP contribution < -0.4 is 4.90 Å². The maximum Gasteiger partial charge on any atom is 0.416 e. The van der Waals surface area contributed by atoms with Gasteiger partial charge in [-0.1, -0.05) is 12.1 Å². The molecule has 2 aliphatic rings. The van der Waals surface area contributed by atoms with Gasteiger partial charge in [0.05, 0.1) is 11.3 Å². The molecule has 0 bridgehead atoms. The molecule has 0 saturated carbocycles. The highest BCUT2D eigenvalue weighted by Gasteiger charge is 2.38. The van der Waals surface area contributed by atoms with E-state index in [9.17, 15) is 22.0 Å². The summed E-state index contributed by atoms with van der Waals surface area (Å²) in [5, 5.41) is 4.36. The van der Waals surface area contributed by atoms with Crippen LogP contribution in [0.4, 0.5) is 27.9 Å². The average Bonchev–Trinajstić information content (AvgIpc) is 3.29. The monoisotopic (exact) mass is 469 g/mol. The maximum atomic E-state index is 13.4. The topological polar surface area (TPSA) is 46.4 Å². The Morgan fingerprint density at radius 3 is 2.61 bits per heavy atom. The molecule has 0 amide bonds. The van der Waals surface area contributed by atoms with Crippen LogP contribution in [0.2, 0.25) is 0 Å². The van der Waals surface area contributed by atoms with Gasteiger partial charge < -0.3 is 4.74 Å². The Kier molecular flexibility index (Phi) is 6.80. The normalized spacial score (nSPS) is 20.5. The predicted octanol–water partition coefficient (Wildman–Crippen LogP) is 4.71. The Hall–Kier alpha value is -2.79. The molecule has 0 aliphatic carbocycles. The Balaban J connectivity index is 1.60. The van der Waals surface area contributed by atoms with Crippen LogP contribution in [0.1, 0.15) is 24.8 Å². The lowest BCUT2D eigenvalue weighted by Crippen LogP contribution is -2.50. The van der Waals surface area contributed by atoms with Crippen molar-refractivity contribution in [3.63, 3.8) is 0 Å². The maximum absolute atomic E-state index is 13.4. The summed E-state index contributed by atoms with van der Waals surface area (Å²) < 4.78 is 72.9. The van der Waals surface area contributed by atoms with Crippen LogP contribution in [-0.2, 0) is 4.74 Å². The lowest BCUT2D eigenvalue weighted by Gasteiger charge is -2.41. The van der Waals surface area contributed by atoms with E-state index in [-0.39, 0.29) is 11.5 Å². The van der Waals surface area contributed by atoms with E-state index in [2.05, 4.69) is 10.1 Å². The predicted molar refractivity (Wildman–Crippen MR) is 112 cm³/mol. The second-order valence-electron chi connectivity index (χ2n) is 8.08. The van der Waals surface area contributed by atoms with E-state index in [0.29, 0.717) is 31.3 Å². The summed E-state index contributed by atoms with van der Waals surface area (Å²) in [4.78, 5) is 7.78. The van der Waals surface area contributed by atoms with Crippen molar-refractivity contribution in [1.82, 2.24) is 19.7 Å². The largest absolute Gasteiger partial charge is 0.416 e. The zero-order valence-electron chi connectivity index (χ0n) is 17.9. The zero-order valence-corrected chi connectivity index (χ0v) is 17.9. The molecular weight excluding hydrogens is 445 g/mol. The number of methoxy groups -OCH3 is 1. The van der Waals surface area contributed by atoms with Gasteiger partial charge in [0.25, 0.3) is 12.4 Å². The number of likely N-dealkylation sites (tertiary alicyclic amines) is 1. The molecule has 3 heterocycles. The summed E-state index contributed by atoms with van der Waals surface area (Å²) in [6, 6.07) is 5.71. The summed E-state index contributed by atoms with van der Waals surface area (Å²) in [6.45, 7) is 1.82. The lowest BCUT2D eigenvalue weighted by molar-refractivity contribution is -0.0891. The molecule has 0 radical (unpaired) electrons. The Morgan fingerprint density at radius 2 is 1.94 bits per heavy atom. The van der Waals surface area contributed by atoms with Crippen LogP contribution in [0.25, 0.3) is 5.69 Å². The van der Waals surface area contributed by atoms with Crippen LogP contribution in [0.5, 0.6) is 0 Å². The van der Waals surface area contributed by atoms with Gasteiger partial charge in [-0.15, -0.1) is 5.10 Å². The molecule has 0 N–H and O–H groups in total. The van der Waals surface area contributed by atoms with Gasteiger partial charge in [0.15, 0.2) is 0 Å². The summed E-state index contributed by atoms with van der Waals surface area (Å²) in [7, 11) is 1.64. The van der Waals surface area contributed by atoms with Crippen LogP contribution in [0.3, 0.4) is 0 Å². The molecule has 178 valence electrons. The molecule has 1 unspecified atom stereocenters. The van der Waals surface area contributed by atoms with E-state index < -0.39 is 24.3 Å². The molecule has 11 heteroatoms. The first-order chi connectivity index (χ1) is 15.8. The average molecular weight is 469 g/mol. The molecule has 1 aromatic heterocycles. The minimum absolute atomic E-state index is 0.156. The van der Waals surface area contributed by atoms with Gasteiger partial charge in [-0.25, -0.2) is 13.5 Å². The third-order valence-corrected chi connectivity index (χ3v) is 5.88. The molecule has 1 fully saturated rings. The quantitative estimate of drug-likeness (QED) is 0.574. The first kappa shape index (κ1) is 23.4. The molecule has 1 saturated heterocycles. The molecule has 2 aromatic rings. The third kappa shape index (κ3) is 5.25. The number of benzene rings is 1. The third-order valence-electron chi connectivity index (χ3n) is 5.88. The molecule has 33 heavy (non-hydrogen) atoms. The van der Waals surface area contributed by atoms with Crippen molar-refractivity contribution in [2.45, 2.75) is 31.6 Å². The fourth-order valence-corrected chi connectivity index (χ4v) is 4.12. The van der Waals surface area contributed by atoms with Crippen molar-refractivity contribution in [2.24, 2.45) is 5.92 Å². The number of piperidine rings is 1. The fraction of sp³-hybridized carbons (Fsp3) is 0.455. The second kappa shape index (κ2) is 9.60. The van der Waals surface area contributed by atoms with E-state index in [0.717, 1.165) is 18.9 Å². The van der Waals surface area contributed by atoms with E-state index in [4.69, 9.17) is 4.74 Å². The highest BCUT2D eigenvalue weighted by molar-refractivity contribution is 5.46. The molecule has 2 aliphatic heterocycles. The minimum Gasteiger partial charge on any atom is -0.384 e. The fourth-order valence-electron chi connectivity index (χ4n) is 4.12. The van der Waals surface area contributed by atoms with Gasteiger partial charge in [-0.3, -0.25) is 9.80 Å².